The molecule has 1 unspecified atom stereocenters. The second-order valence-corrected chi connectivity index (χ2v) is 8.06. The van der Waals surface area contributed by atoms with E-state index in [4.69, 9.17) is 9.72 Å². The number of methoxy groups -OCH3 is 1. The number of aliphatic hydroxyl groups excluding tert-OH is 1. The molecule has 5 rings (SSSR count). The van der Waals surface area contributed by atoms with Crippen LogP contribution in [-0.4, -0.2) is 43.7 Å². The van der Waals surface area contributed by atoms with Crippen molar-refractivity contribution < 1.29 is 9.84 Å². The SMILES string of the molecule is CCNC(O)c1ccc(-c2nc(Nc3ccc4[nH]ncc4c3C3CC3)n(C)n2)c(OC)c1. The lowest BCUT2D eigenvalue weighted by molar-refractivity contribution is 0.141. The molecule has 2 aromatic heterocycles. The summed E-state index contributed by atoms with van der Waals surface area (Å²) in [5.41, 5.74) is 4.83. The van der Waals surface area contributed by atoms with E-state index in [0.717, 1.165) is 27.7 Å². The number of aromatic nitrogens is 5. The Hall–Kier alpha value is -3.43. The number of ether oxygens (including phenoxy) is 1. The first-order valence-electron chi connectivity index (χ1n) is 10.8. The second-order valence-electron chi connectivity index (χ2n) is 8.06. The van der Waals surface area contributed by atoms with Gasteiger partial charge in [0.1, 0.15) is 12.0 Å². The maximum absolute atomic E-state index is 10.2. The first-order chi connectivity index (χ1) is 15.6. The van der Waals surface area contributed by atoms with Crippen LogP contribution in [0, 0.1) is 0 Å². The van der Waals surface area contributed by atoms with Crippen LogP contribution >= 0.6 is 0 Å². The Balaban J connectivity index is 1.48. The van der Waals surface area contributed by atoms with Gasteiger partial charge in [-0.3, -0.25) is 10.4 Å². The second kappa shape index (κ2) is 8.25. The first kappa shape index (κ1) is 20.5. The van der Waals surface area contributed by atoms with Gasteiger partial charge in [0, 0.05) is 18.1 Å². The Kier molecular flexibility index (Phi) is 5.28. The zero-order valence-electron chi connectivity index (χ0n) is 18.4. The number of nitrogens with one attached hydrogen (secondary N) is 3. The van der Waals surface area contributed by atoms with Crippen molar-refractivity contribution in [2.45, 2.75) is 31.9 Å². The summed E-state index contributed by atoms with van der Waals surface area (Å²) in [6, 6.07) is 9.64. The van der Waals surface area contributed by atoms with Gasteiger partial charge in [0.25, 0.3) is 0 Å². The van der Waals surface area contributed by atoms with Crippen LogP contribution in [0.15, 0.2) is 36.5 Å². The summed E-state index contributed by atoms with van der Waals surface area (Å²) in [6.07, 6.45) is 3.51. The van der Waals surface area contributed by atoms with Gasteiger partial charge in [0.2, 0.25) is 5.95 Å². The number of fused-ring (bicyclic) bond motifs is 1. The van der Waals surface area contributed by atoms with Crippen LogP contribution < -0.4 is 15.4 Å². The van der Waals surface area contributed by atoms with Crippen LogP contribution in [0.5, 0.6) is 5.75 Å². The predicted octanol–water partition coefficient (Wildman–Crippen LogP) is 3.59. The summed E-state index contributed by atoms with van der Waals surface area (Å²) in [7, 11) is 3.47. The third-order valence-corrected chi connectivity index (χ3v) is 5.84. The third-order valence-electron chi connectivity index (χ3n) is 5.84. The normalized spacial score (nSPS) is 14.6. The van der Waals surface area contributed by atoms with E-state index in [1.807, 2.05) is 44.4 Å². The van der Waals surface area contributed by atoms with Gasteiger partial charge in [0.05, 0.1) is 24.4 Å². The van der Waals surface area contributed by atoms with E-state index in [9.17, 15) is 5.11 Å². The van der Waals surface area contributed by atoms with E-state index in [1.165, 1.54) is 18.4 Å². The monoisotopic (exact) mass is 433 g/mol. The molecule has 0 bridgehead atoms. The zero-order valence-corrected chi connectivity index (χ0v) is 18.4. The fraction of sp³-hybridized carbons (Fsp3) is 0.348. The maximum atomic E-state index is 10.2. The van der Waals surface area contributed by atoms with E-state index < -0.39 is 6.23 Å². The molecule has 1 atom stereocenters. The number of hydrogen-bond donors (Lipinski definition) is 4. The molecule has 9 nitrogen and oxygen atoms in total. The molecule has 2 aromatic carbocycles. The Bertz CT molecular complexity index is 1260. The summed E-state index contributed by atoms with van der Waals surface area (Å²) in [5.74, 6) is 2.34. The first-order valence-corrected chi connectivity index (χ1v) is 10.8. The zero-order chi connectivity index (χ0) is 22.2. The average Bonchev–Trinajstić information content (AvgIpc) is 3.41. The number of aliphatic hydroxyl groups is 1. The van der Waals surface area contributed by atoms with Gasteiger partial charge < -0.3 is 15.2 Å². The van der Waals surface area contributed by atoms with Crippen molar-refractivity contribution in [2.24, 2.45) is 7.05 Å². The lowest BCUT2D eigenvalue weighted by Crippen LogP contribution is -2.20. The molecular formula is C23H27N7O2. The number of anilines is 2. The van der Waals surface area contributed by atoms with Crippen molar-refractivity contribution in [3.8, 4) is 17.1 Å². The number of hydrogen-bond acceptors (Lipinski definition) is 7. The van der Waals surface area contributed by atoms with Crippen molar-refractivity contribution in [1.29, 1.82) is 0 Å². The quantitative estimate of drug-likeness (QED) is 0.314. The molecule has 2 heterocycles. The van der Waals surface area contributed by atoms with Gasteiger partial charge in [0.15, 0.2) is 5.82 Å². The largest absolute Gasteiger partial charge is 0.496 e. The molecule has 1 aliphatic rings. The highest BCUT2D eigenvalue weighted by Gasteiger charge is 2.29. The van der Waals surface area contributed by atoms with Crippen LogP contribution in [0.4, 0.5) is 11.6 Å². The molecule has 0 amide bonds. The molecular weight excluding hydrogens is 406 g/mol. The highest BCUT2D eigenvalue weighted by atomic mass is 16.5. The lowest BCUT2D eigenvalue weighted by atomic mass is 10.0. The topological polar surface area (TPSA) is 113 Å². The van der Waals surface area contributed by atoms with Crippen molar-refractivity contribution in [3.05, 3.63) is 47.7 Å². The Labute approximate surface area is 185 Å². The molecule has 32 heavy (non-hydrogen) atoms. The lowest BCUT2D eigenvalue weighted by Gasteiger charge is -2.14. The van der Waals surface area contributed by atoms with Crippen LogP contribution in [0.25, 0.3) is 22.3 Å². The summed E-state index contributed by atoms with van der Waals surface area (Å²) >= 11 is 0. The van der Waals surface area contributed by atoms with E-state index >= 15 is 0 Å². The van der Waals surface area contributed by atoms with Gasteiger partial charge in [-0.1, -0.05) is 13.0 Å². The molecule has 1 saturated carbocycles. The summed E-state index contributed by atoms with van der Waals surface area (Å²) in [5, 5.41) is 29.7. The average molecular weight is 434 g/mol. The summed E-state index contributed by atoms with van der Waals surface area (Å²) in [6.45, 7) is 2.61. The Morgan fingerprint density at radius 3 is 2.88 bits per heavy atom. The van der Waals surface area contributed by atoms with Crippen molar-refractivity contribution in [1.82, 2.24) is 30.3 Å². The molecule has 4 aromatic rings. The Morgan fingerprint density at radius 1 is 1.28 bits per heavy atom. The summed E-state index contributed by atoms with van der Waals surface area (Å²) in [4.78, 5) is 4.74. The van der Waals surface area contributed by atoms with Crippen LogP contribution in [0.3, 0.4) is 0 Å². The van der Waals surface area contributed by atoms with E-state index in [1.54, 1.807) is 11.8 Å². The van der Waals surface area contributed by atoms with Gasteiger partial charge in [-0.05, 0) is 60.7 Å². The molecule has 0 aliphatic heterocycles. The minimum atomic E-state index is -0.754. The molecule has 9 heteroatoms. The van der Waals surface area contributed by atoms with Crippen LogP contribution in [-0.2, 0) is 7.05 Å². The highest BCUT2D eigenvalue weighted by molar-refractivity contribution is 5.89. The standard InChI is InChI=1S/C23H27N7O2/c1-4-24-22(31)14-7-8-15(19(11-14)32-3)21-27-23(30(2)29-21)26-18-10-9-17-16(12-25-28-17)20(18)13-5-6-13/h7-13,22,24,31H,4-6H2,1-3H3,(H,25,28)(H,26,27,29). The van der Waals surface area contributed by atoms with E-state index in [-0.39, 0.29) is 0 Å². The molecule has 0 spiro atoms. The fourth-order valence-corrected chi connectivity index (χ4v) is 4.06. The molecule has 0 saturated heterocycles. The van der Waals surface area contributed by atoms with Crippen molar-refractivity contribution in [3.63, 3.8) is 0 Å². The highest BCUT2D eigenvalue weighted by Crippen LogP contribution is 2.47. The number of aryl methyl sites for hydroxylation is 1. The van der Waals surface area contributed by atoms with E-state index in [0.29, 0.717) is 30.0 Å². The molecule has 1 fully saturated rings. The van der Waals surface area contributed by atoms with Gasteiger partial charge in [-0.25, -0.2) is 4.68 Å². The van der Waals surface area contributed by atoms with Crippen LogP contribution in [0.1, 0.15) is 43.0 Å². The fourth-order valence-electron chi connectivity index (χ4n) is 4.06. The smallest absolute Gasteiger partial charge is 0.225 e. The number of benzene rings is 2. The third kappa shape index (κ3) is 3.69. The number of nitrogens with zero attached hydrogens (tertiary/aromatic N) is 4. The molecule has 1 aliphatic carbocycles. The van der Waals surface area contributed by atoms with E-state index in [2.05, 4.69) is 32.0 Å². The van der Waals surface area contributed by atoms with Gasteiger partial charge in [-0.2, -0.15) is 10.1 Å². The maximum Gasteiger partial charge on any atom is 0.225 e. The number of H-pyrrole nitrogens is 1. The number of aromatic amines is 1. The number of rotatable bonds is 8. The van der Waals surface area contributed by atoms with Crippen molar-refractivity contribution >= 4 is 22.5 Å². The molecule has 4 N–H and O–H groups in total. The summed E-state index contributed by atoms with van der Waals surface area (Å²) < 4.78 is 7.30. The molecule has 0 radical (unpaired) electrons. The van der Waals surface area contributed by atoms with Crippen LogP contribution in [0.2, 0.25) is 0 Å². The van der Waals surface area contributed by atoms with Gasteiger partial charge >= 0.3 is 0 Å². The predicted molar refractivity (Wildman–Crippen MR) is 123 cm³/mol. The van der Waals surface area contributed by atoms with Crippen molar-refractivity contribution in [2.75, 3.05) is 19.0 Å². The van der Waals surface area contributed by atoms with Gasteiger partial charge in [-0.15, -0.1) is 5.10 Å². The Morgan fingerprint density at radius 2 is 2.12 bits per heavy atom. The minimum Gasteiger partial charge on any atom is -0.496 e. The minimum absolute atomic E-state index is 0.544. The molecule has 166 valence electrons.